The van der Waals surface area contributed by atoms with E-state index in [1.54, 1.807) is 0 Å². The van der Waals surface area contributed by atoms with Crippen molar-refractivity contribution in [3.05, 3.63) is 22.6 Å². The highest BCUT2D eigenvalue weighted by atomic mass is 79.9. The molecule has 2 unspecified atom stereocenters. The van der Waals surface area contributed by atoms with Crippen LogP contribution in [0.1, 0.15) is 31.6 Å². The van der Waals surface area contributed by atoms with Gasteiger partial charge < -0.3 is 14.5 Å². The van der Waals surface area contributed by atoms with Crippen molar-refractivity contribution in [2.75, 3.05) is 13.2 Å². The zero-order valence-corrected chi connectivity index (χ0v) is 10.4. The maximum atomic E-state index is 5.69. The summed E-state index contributed by atoms with van der Waals surface area (Å²) in [6.07, 6.45) is 2.51. The fourth-order valence-corrected chi connectivity index (χ4v) is 2.32. The van der Waals surface area contributed by atoms with Crippen molar-refractivity contribution in [2.24, 2.45) is 0 Å². The van der Waals surface area contributed by atoms with E-state index >= 15 is 0 Å². The third-order valence-electron chi connectivity index (χ3n) is 2.66. The van der Waals surface area contributed by atoms with Crippen molar-refractivity contribution in [1.29, 1.82) is 0 Å². The van der Waals surface area contributed by atoms with E-state index in [2.05, 4.69) is 28.2 Å². The molecule has 0 spiro atoms. The number of ether oxygens (including phenoxy) is 1. The average molecular weight is 274 g/mol. The van der Waals surface area contributed by atoms with E-state index in [1.165, 1.54) is 0 Å². The Bertz CT molecular complexity index is 307. The van der Waals surface area contributed by atoms with Gasteiger partial charge in [0.1, 0.15) is 5.76 Å². The van der Waals surface area contributed by atoms with E-state index < -0.39 is 0 Å². The SMILES string of the molecule is CCNC(c1ccc(Br)o1)C1CCCO1. The van der Waals surface area contributed by atoms with Crippen LogP contribution < -0.4 is 5.32 Å². The van der Waals surface area contributed by atoms with E-state index in [9.17, 15) is 0 Å². The lowest BCUT2D eigenvalue weighted by Crippen LogP contribution is -2.31. The molecule has 2 rings (SSSR count). The van der Waals surface area contributed by atoms with Crippen molar-refractivity contribution in [3.63, 3.8) is 0 Å². The summed E-state index contributed by atoms with van der Waals surface area (Å²) in [5.74, 6) is 0.954. The van der Waals surface area contributed by atoms with Crippen LogP contribution in [-0.4, -0.2) is 19.3 Å². The molecule has 2 heterocycles. The van der Waals surface area contributed by atoms with Crippen LogP contribution in [0.25, 0.3) is 0 Å². The molecule has 1 N–H and O–H groups in total. The zero-order chi connectivity index (χ0) is 10.7. The normalized spacial score (nSPS) is 23.2. The lowest BCUT2D eigenvalue weighted by molar-refractivity contribution is 0.0715. The number of hydrogen-bond acceptors (Lipinski definition) is 3. The molecular formula is C11H16BrNO2. The maximum absolute atomic E-state index is 5.69. The van der Waals surface area contributed by atoms with Gasteiger partial charge in [0.15, 0.2) is 4.67 Å². The fourth-order valence-electron chi connectivity index (χ4n) is 2.00. The third-order valence-corrected chi connectivity index (χ3v) is 3.09. The molecule has 1 aromatic heterocycles. The Balaban J connectivity index is 2.11. The second-order valence-corrected chi connectivity index (χ2v) is 4.51. The molecule has 0 radical (unpaired) electrons. The van der Waals surface area contributed by atoms with E-state index in [1.807, 2.05) is 12.1 Å². The number of likely N-dealkylation sites (N-methyl/N-ethyl adjacent to an activating group) is 1. The van der Waals surface area contributed by atoms with Crippen LogP contribution in [0.2, 0.25) is 0 Å². The van der Waals surface area contributed by atoms with Crippen molar-refractivity contribution in [1.82, 2.24) is 5.32 Å². The Morgan fingerprint density at radius 2 is 2.47 bits per heavy atom. The number of halogens is 1. The van der Waals surface area contributed by atoms with Crippen LogP contribution in [0.5, 0.6) is 0 Å². The second kappa shape index (κ2) is 5.14. The Morgan fingerprint density at radius 1 is 1.60 bits per heavy atom. The maximum Gasteiger partial charge on any atom is 0.169 e. The molecule has 4 heteroatoms. The highest BCUT2D eigenvalue weighted by Gasteiger charge is 2.28. The molecule has 1 aliphatic heterocycles. The molecule has 0 bridgehead atoms. The van der Waals surface area contributed by atoms with Crippen LogP contribution in [0.3, 0.4) is 0 Å². The predicted octanol–water partition coefficient (Wildman–Crippen LogP) is 2.87. The van der Waals surface area contributed by atoms with Crippen molar-refractivity contribution >= 4 is 15.9 Å². The lowest BCUT2D eigenvalue weighted by atomic mass is 10.1. The topological polar surface area (TPSA) is 34.4 Å². The molecule has 1 aromatic rings. The van der Waals surface area contributed by atoms with Gasteiger partial charge in [-0.3, -0.25) is 0 Å². The van der Waals surface area contributed by atoms with Gasteiger partial charge in [-0.25, -0.2) is 0 Å². The number of rotatable bonds is 4. The summed E-state index contributed by atoms with van der Waals surface area (Å²) in [6, 6.07) is 4.11. The Kier molecular flexibility index (Phi) is 3.83. The molecule has 1 aliphatic rings. The van der Waals surface area contributed by atoms with Gasteiger partial charge in [-0.15, -0.1) is 0 Å². The molecule has 1 fully saturated rings. The summed E-state index contributed by atoms with van der Waals surface area (Å²) in [4.78, 5) is 0. The molecule has 2 atom stereocenters. The minimum Gasteiger partial charge on any atom is -0.453 e. The Morgan fingerprint density at radius 3 is 3.00 bits per heavy atom. The molecule has 84 valence electrons. The summed E-state index contributed by atoms with van der Waals surface area (Å²) < 4.78 is 12.1. The van der Waals surface area contributed by atoms with Crippen LogP contribution in [0, 0.1) is 0 Å². The first-order chi connectivity index (χ1) is 7.31. The first kappa shape index (κ1) is 11.2. The summed E-state index contributed by atoms with van der Waals surface area (Å²) >= 11 is 3.32. The van der Waals surface area contributed by atoms with Gasteiger partial charge in [0.2, 0.25) is 0 Å². The highest BCUT2D eigenvalue weighted by Crippen LogP contribution is 2.29. The molecule has 0 aromatic carbocycles. The monoisotopic (exact) mass is 273 g/mol. The molecule has 15 heavy (non-hydrogen) atoms. The summed E-state index contributed by atoms with van der Waals surface area (Å²) in [6.45, 7) is 3.89. The quantitative estimate of drug-likeness (QED) is 0.916. The summed E-state index contributed by atoms with van der Waals surface area (Å²) in [5, 5.41) is 3.41. The molecule has 0 amide bonds. The van der Waals surface area contributed by atoms with Gasteiger partial charge in [0.05, 0.1) is 12.1 Å². The molecular weight excluding hydrogens is 258 g/mol. The lowest BCUT2D eigenvalue weighted by Gasteiger charge is -2.21. The first-order valence-electron chi connectivity index (χ1n) is 5.41. The van der Waals surface area contributed by atoms with Crippen LogP contribution in [0.15, 0.2) is 21.2 Å². The summed E-state index contributed by atoms with van der Waals surface area (Å²) in [5.41, 5.74) is 0. The minimum atomic E-state index is 0.184. The highest BCUT2D eigenvalue weighted by molar-refractivity contribution is 9.10. The van der Waals surface area contributed by atoms with Crippen molar-refractivity contribution in [3.8, 4) is 0 Å². The zero-order valence-electron chi connectivity index (χ0n) is 8.83. The standard InChI is InChI=1S/C11H16BrNO2/c1-2-13-11(8-4-3-7-14-8)9-5-6-10(12)15-9/h5-6,8,11,13H,2-4,7H2,1H3. The van der Waals surface area contributed by atoms with Crippen molar-refractivity contribution < 1.29 is 9.15 Å². The second-order valence-electron chi connectivity index (χ2n) is 3.73. The van der Waals surface area contributed by atoms with E-state index in [0.29, 0.717) is 0 Å². The summed E-state index contributed by atoms with van der Waals surface area (Å²) in [7, 11) is 0. The van der Waals surface area contributed by atoms with Gasteiger partial charge in [-0.05, 0) is 47.4 Å². The van der Waals surface area contributed by atoms with E-state index in [4.69, 9.17) is 9.15 Å². The Labute approximate surface area is 98.3 Å². The minimum absolute atomic E-state index is 0.184. The van der Waals surface area contributed by atoms with Gasteiger partial charge in [0.25, 0.3) is 0 Å². The van der Waals surface area contributed by atoms with E-state index in [-0.39, 0.29) is 12.1 Å². The molecule has 0 aliphatic carbocycles. The number of furan rings is 1. The number of hydrogen-bond donors (Lipinski definition) is 1. The smallest absolute Gasteiger partial charge is 0.169 e. The largest absolute Gasteiger partial charge is 0.453 e. The van der Waals surface area contributed by atoms with Gasteiger partial charge >= 0.3 is 0 Å². The molecule has 3 nitrogen and oxygen atoms in total. The molecule has 0 saturated carbocycles. The van der Waals surface area contributed by atoms with Gasteiger partial charge in [0, 0.05) is 6.61 Å². The third kappa shape index (κ3) is 2.62. The van der Waals surface area contributed by atoms with Crippen LogP contribution >= 0.6 is 15.9 Å². The average Bonchev–Trinajstić information content (AvgIpc) is 2.85. The Hall–Kier alpha value is -0.320. The number of nitrogens with one attached hydrogen (secondary N) is 1. The fraction of sp³-hybridized carbons (Fsp3) is 0.636. The van der Waals surface area contributed by atoms with Crippen molar-refractivity contribution in [2.45, 2.75) is 31.9 Å². The van der Waals surface area contributed by atoms with Gasteiger partial charge in [-0.1, -0.05) is 6.92 Å². The van der Waals surface area contributed by atoms with Crippen LogP contribution in [0.4, 0.5) is 0 Å². The van der Waals surface area contributed by atoms with Gasteiger partial charge in [-0.2, -0.15) is 0 Å². The van der Waals surface area contributed by atoms with Crippen LogP contribution in [-0.2, 0) is 4.74 Å². The first-order valence-corrected chi connectivity index (χ1v) is 6.20. The predicted molar refractivity (Wildman–Crippen MR) is 61.8 cm³/mol. The van der Waals surface area contributed by atoms with E-state index in [0.717, 1.165) is 36.4 Å². The molecule has 1 saturated heterocycles.